The van der Waals surface area contributed by atoms with Gasteiger partial charge in [0.1, 0.15) is 0 Å². The maximum Gasteiger partial charge on any atom is 0.220 e. The monoisotopic (exact) mass is 155 g/mol. The number of hydrogen-bond donors (Lipinski definition) is 1. The predicted octanol–water partition coefficient (Wildman–Crippen LogP) is 2.22. The normalized spacial score (nSPS) is 10.4. The molecule has 0 heterocycles. The molecule has 0 spiro atoms. The fraction of sp³-hybridized carbons (Fsp3) is 0.667. The molecule has 0 aliphatic carbocycles. The van der Waals surface area contributed by atoms with Gasteiger partial charge in [-0.1, -0.05) is 25.8 Å². The first-order valence-corrected chi connectivity index (χ1v) is 4.19. The molecule has 0 aliphatic heterocycles. The highest BCUT2D eigenvalue weighted by Gasteiger charge is 1.83. The summed E-state index contributed by atoms with van der Waals surface area (Å²) in [4.78, 5) is 10.4. The maximum absolute atomic E-state index is 10.4. The van der Waals surface area contributed by atoms with E-state index < -0.39 is 0 Å². The number of nitrogens with one attached hydrogen (secondary N) is 1. The molecule has 0 aromatic rings. The number of hydrogen-bond acceptors (Lipinski definition) is 1. The molecular formula is C9H17NO. The Morgan fingerprint density at radius 2 is 2.18 bits per heavy atom. The number of allylic oxidation sites excluding steroid dienone is 1. The quantitative estimate of drug-likeness (QED) is 0.606. The molecule has 1 amide bonds. The van der Waals surface area contributed by atoms with Gasteiger partial charge < -0.3 is 5.32 Å². The summed E-state index contributed by atoms with van der Waals surface area (Å²) in [7, 11) is 0. The zero-order valence-electron chi connectivity index (χ0n) is 7.39. The highest BCUT2D eigenvalue weighted by Crippen LogP contribution is 1.98. The summed E-state index contributed by atoms with van der Waals surface area (Å²) in [6, 6.07) is 0. The molecule has 0 saturated heterocycles. The van der Waals surface area contributed by atoms with Gasteiger partial charge in [0.05, 0.1) is 0 Å². The van der Waals surface area contributed by atoms with Crippen LogP contribution < -0.4 is 5.32 Å². The summed E-state index contributed by atoms with van der Waals surface area (Å²) in [6.45, 7) is 3.69. The van der Waals surface area contributed by atoms with E-state index in [0.29, 0.717) is 0 Å². The third-order valence-electron chi connectivity index (χ3n) is 1.38. The molecule has 0 fully saturated rings. The molecule has 64 valence electrons. The number of unbranched alkanes of at least 4 members (excludes halogenated alkanes) is 3. The first-order valence-electron chi connectivity index (χ1n) is 4.19. The van der Waals surface area contributed by atoms with Gasteiger partial charge in [-0.05, 0) is 19.0 Å². The van der Waals surface area contributed by atoms with Crippen LogP contribution >= 0.6 is 0 Å². The van der Waals surface area contributed by atoms with E-state index in [2.05, 4.69) is 12.2 Å². The van der Waals surface area contributed by atoms with Crippen LogP contribution in [0.25, 0.3) is 0 Å². The Morgan fingerprint density at radius 1 is 1.45 bits per heavy atom. The molecule has 0 saturated carbocycles. The van der Waals surface area contributed by atoms with Gasteiger partial charge in [0.25, 0.3) is 0 Å². The summed E-state index contributed by atoms with van der Waals surface area (Å²) in [5.74, 6) is -0.00302. The Kier molecular flexibility index (Phi) is 6.79. The molecule has 0 bridgehead atoms. The summed E-state index contributed by atoms with van der Waals surface area (Å²) < 4.78 is 0. The summed E-state index contributed by atoms with van der Waals surface area (Å²) >= 11 is 0. The molecule has 0 aromatic carbocycles. The molecule has 0 rings (SSSR count). The van der Waals surface area contributed by atoms with Gasteiger partial charge in [0.15, 0.2) is 0 Å². The first-order chi connectivity index (χ1) is 5.27. The van der Waals surface area contributed by atoms with Gasteiger partial charge >= 0.3 is 0 Å². The van der Waals surface area contributed by atoms with Crippen molar-refractivity contribution in [3.8, 4) is 0 Å². The first kappa shape index (κ1) is 10.2. The zero-order chi connectivity index (χ0) is 8.53. The number of carbonyl (C=O) groups is 1. The molecule has 2 nitrogen and oxygen atoms in total. The maximum atomic E-state index is 10.4. The lowest BCUT2D eigenvalue weighted by molar-refractivity contribution is -0.118. The van der Waals surface area contributed by atoms with Crippen molar-refractivity contribution >= 4 is 5.91 Å². The second kappa shape index (κ2) is 7.32. The van der Waals surface area contributed by atoms with Crippen molar-refractivity contribution in [1.82, 2.24) is 5.32 Å². The van der Waals surface area contributed by atoms with Crippen LogP contribution in [0.5, 0.6) is 0 Å². The van der Waals surface area contributed by atoms with E-state index in [1.807, 2.05) is 6.08 Å². The van der Waals surface area contributed by atoms with Crippen LogP contribution in [0, 0.1) is 0 Å². The number of amides is 1. The average Bonchev–Trinajstić information content (AvgIpc) is 1.96. The number of carbonyl (C=O) groups excluding carboxylic acids is 1. The van der Waals surface area contributed by atoms with Gasteiger partial charge in [0.2, 0.25) is 5.91 Å². The van der Waals surface area contributed by atoms with Crippen molar-refractivity contribution in [1.29, 1.82) is 0 Å². The van der Waals surface area contributed by atoms with Crippen LogP contribution in [-0.2, 0) is 4.79 Å². The minimum absolute atomic E-state index is 0.00302. The zero-order valence-corrected chi connectivity index (χ0v) is 7.39. The molecule has 0 aliphatic rings. The molecule has 0 atom stereocenters. The lowest BCUT2D eigenvalue weighted by atomic mass is 10.2. The third-order valence-corrected chi connectivity index (χ3v) is 1.38. The summed E-state index contributed by atoms with van der Waals surface area (Å²) in [6.07, 6.45) is 8.51. The Balaban J connectivity index is 3.10. The van der Waals surface area contributed by atoms with Crippen molar-refractivity contribution < 1.29 is 4.79 Å². The Labute approximate surface area is 68.7 Å². The Bertz CT molecular complexity index is 130. The van der Waals surface area contributed by atoms with Crippen LogP contribution in [0.3, 0.4) is 0 Å². The van der Waals surface area contributed by atoms with Crippen molar-refractivity contribution in [3.05, 3.63) is 12.3 Å². The van der Waals surface area contributed by atoms with Crippen LogP contribution in [0.1, 0.15) is 39.5 Å². The van der Waals surface area contributed by atoms with Crippen molar-refractivity contribution in [2.45, 2.75) is 39.5 Å². The minimum Gasteiger partial charge on any atom is -0.333 e. The van der Waals surface area contributed by atoms with Crippen LogP contribution in [0.4, 0.5) is 0 Å². The van der Waals surface area contributed by atoms with Gasteiger partial charge in [-0.25, -0.2) is 0 Å². The molecule has 0 unspecified atom stereocenters. The van der Waals surface area contributed by atoms with E-state index in [4.69, 9.17) is 0 Å². The van der Waals surface area contributed by atoms with Gasteiger partial charge in [-0.2, -0.15) is 0 Å². The van der Waals surface area contributed by atoms with Crippen molar-refractivity contribution in [2.75, 3.05) is 0 Å². The van der Waals surface area contributed by atoms with E-state index in [1.54, 1.807) is 6.20 Å². The predicted molar refractivity (Wildman–Crippen MR) is 47.1 cm³/mol. The van der Waals surface area contributed by atoms with Crippen LogP contribution in [-0.4, -0.2) is 5.91 Å². The fourth-order valence-electron chi connectivity index (χ4n) is 0.772. The molecule has 0 radical (unpaired) electrons. The molecule has 0 aromatic heterocycles. The van der Waals surface area contributed by atoms with E-state index in [1.165, 1.54) is 26.2 Å². The Morgan fingerprint density at radius 3 is 2.73 bits per heavy atom. The Hall–Kier alpha value is -0.790. The SMILES string of the molecule is CCCCCC=CNC(C)=O. The topological polar surface area (TPSA) is 29.1 Å². The molecule has 2 heteroatoms. The highest BCUT2D eigenvalue weighted by atomic mass is 16.1. The van der Waals surface area contributed by atoms with E-state index in [-0.39, 0.29) is 5.91 Å². The van der Waals surface area contributed by atoms with Crippen LogP contribution in [0.15, 0.2) is 12.3 Å². The van der Waals surface area contributed by atoms with Crippen molar-refractivity contribution in [2.24, 2.45) is 0 Å². The minimum atomic E-state index is -0.00302. The third kappa shape index (κ3) is 9.21. The highest BCUT2D eigenvalue weighted by molar-refractivity contribution is 5.73. The summed E-state index contributed by atoms with van der Waals surface area (Å²) in [5.41, 5.74) is 0. The van der Waals surface area contributed by atoms with Crippen molar-refractivity contribution in [3.63, 3.8) is 0 Å². The summed E-state index contributed by atoms with van der Waals surface area (Å²) in [5, 5.41) is 2.60. The molecule has 11 heavy (non-hydrogen) atoms. The lowest BCUT2D eigenvalue weighted by Crippen LogP contribution is -2.11. The van der Waals surface area contributed by atoms with E-state index >= 15 is 0 Å². The lowest BCUT2D eigenvalue weighted by Gasteiger charge is -1.92. The standard InChI is InChI=1S/C9H17NO/c1-3-4-5-6-7-8-10-9(2)11/h7-8H,3-6H2,1-2H3,(H,10,11). The van der Waals surface area contributed by atoms with Gasteiger partial charge in [0, 0.05) is 6.92 Å². The van der Waals surface area contributed by atoms with Gasteiger partial charge in [-0.15, -0.1) is 0 Å². The smallest absolute Gasteiger partial charge is 0.220 e. The van der Waals surface area contributed by atoms with E-state index in [0.717, 1.165) is 6.42 Å². The van der Waals surface area contributed by atoms with Crippen LogP contribution in [0.2, 0.25) is 0 Å². The fourth-order valence-corrected chi connectivity index (χ4v) is 0.772. The molecular weight excluding hydrogens is 138 g/mol. The van der Waals surface area contributed by atoms with Gasteiger partial charge in [-0.3, -0.25) is 4.79 Å². The number of rotatable bonds is 5. The second-order valence-corrected chi connectivity index (χ2v) is 2.60. The average molecular weight is 155 g/mol. The largest absolute Gasteiger partial charge is 0.333 e. The van der Waals surface area contributed by atoms with E-state index in [9.17, 15) is 4.79 Å². The molecule has 1 N–H and O–H groups in total. The second-order valence-electron chi connectivity index (χ2n) is 2.60.